The molecule has 7 heteroatoms. The van der Waals surface area contributed by atoms with E-state index in [1.165, 1.54) is 12.3 Å². The maximum absolute atomic E-state index is 12.7. The van der Waals surface area contributed by atoms with Gasteiger partial charge in [-0.25, -0.2) is 0 Å². The Morgan fingerprint density at radius 2 is 1.74 bits per heavy atom. The van der Waals surface area contributed by atoms with Gasteiger partial charge in [0.25, 0.3) is 11.8 Å². The van der Waals surface area contributed by atoms with Gasteiger partial charge < -0.3 is 24.5 Å². The van der Waals surface area contributed by atoms with Crippen molar-refractivity contribution >= 4 is 17.9 Å². The van der Waals surface area contributed by atoms with Crippen molar-refractivity contribution in [2.75, 3.05) is 20.3 Å². The summed E-state index contributed by atoms with van der Waals surface area (Å²) in [4.78, 5) is 25.3. The summed E-state index contributed by atoms with van der Waals surface area (Å²) < 4.78 is 16.2. The van der Waals surface area contributed by atoms with E-state index in [2.05, 4.69) is 10.6 Å². The molecule has 31 heavy (non-hydrogen) atoms. The Balaban J connectivity index is 1.62. The van der Waals surface area contributed by atoms with Gasteiger partial charge in [-0.2, -0.15) is 0 Å². The van der Waals surface area contributed by atoms with Crippen molar-refractivity contribution in [3.8, 4) is 11.5 Å². The number of amides is 2. The van der Waals surface area contributed by atoms with Gasteiger partial charge in [-0.05, 0) is 43.3 Å². The van der Waals surface area contributed by atoms with Crippen molar-refractivity contribution in [3.05, 3.63) is 89.5 Å². The molecule has 0 radical (unpaired) electrons. The molecule has 2 amide bonds. The number of methoxy groups -OCH3 is 1. The van der Waals surface area contributed by atoms with Gasteiger partial charge in [0.15, 0.2) is 11.5 Å². The van der Waals surface area contributed by atoms with Gasteiger partial charge >= 0.3 is 0 Å². The molecule has 0 unspecified atom stereocenters. The van der Waals surface area contributed by atoms with Crippen LogP contribution in [-0.2, 0) is 4.79 Å². The smallest absolute Gasteiger partial charge is 0.268 e. The number of ether oxygens (including phenoxy) is 2. The molecule has 0 atom stereocenters. The maximum atomic E-state index is 12.7. The van der Waals surface area contributed by atoms with Crippen LogP contribution >= 0.6 is 0 Å². The molecule has 7 nitrogen and oxygen atoms in total. The summed E-state index contributed by atoms with van der Waals surface area (Å²) >= 11 is 0. The van der Waals surface area contributed by atoms with Crippen molar-refractivity contribution < 1.29 is 23.5 Å². The first-order valence-corrected chi connectivity index (χ1v) is 9.74. The third kappa shape index (κ3) is 6.24. The molecule has 1 heterocycles. The van der Waals surface area contributed by atoms with E-state index in [-0.39, 0.29) is 18.8 Å². The minimum absolute atomic E-state index is 0.0674. The molecule has 3 aromatic rings. The highest BCUT2D eigenvalue weighted by Crippen LogP contribution is 2.25. The predicted octanol–water partition coefficient (Wildman–Crippen LogP) is 3.56. The van der Waals surface area contributed by atoms with E-state index in [1.54, 1.807) is 43.5 Å². The van der Waals surface area contributed by atoms with Crippen LogP contribution in [0.1, 0.15) is 21.7 Å². The number of hydrogen-bond acceptors (Lipinski definition) is 5. The fourth-order valence-electron chi connectivity index (χ4n) is 2.73. The molecule has 0 fully saturated rings. The SMILES string of the molecule is COc1ccccc1OCCNC(=O)/C(=C/c1ccco1)NC(=O)c1ccc(C)cc1. The van der Waals surface area contributed by atoms with Crippen LogP contribution in [0.4, 0.5) is 0 Å². The number of carbonyl (C=O) groups is 2. The van der Waals surface area contributed by atoms with Gasteiger partial charge in [-0.1, -0.05) is 29.8 Å². The van der Waals surface area contributed by atoms with E-state index >= 15 is 0 Å². The summed E-state index contributed by atoms with van der Waals surface area (Å²) in [7, 11) is 1.56. The normalized spacial score (nSPS) is 11.0. The second-order valence-corrected chi connectivity index (χ2v) is 6.65. The summed E-state index contributed by atoms with van der Waals surface area (Å²) in [5.74, 6) is 0.786. The first kappa shape index (κ1) is 21.7. The molecule has 160 valence electrons. The summed E-state index contributed by atoms with van der Waals surface area (Å²) in [6, 6.07) is 17.7. The van der Waals surface area contributed by atoms with Crippen LogP contribution in [0.3, 0.4) is 0 Å². The number of carbonyl (C=O) groups excluding carboxylic acids is 2. The Kier molecular flexibility index (Phi) is 7.48. The third-order valence-electron chi connectivity index (χ3n) is 4.35. The monoisotopic (exact) mass is 420 g/mol. The number of aryl methyl sites for hydroxylation is 1. The number of hydrogen-bond donors (Lipinski definition) is 2. The van der Waals surface area contributed by atoms with Crippen molar-refractivity contribution in [1.29, 1.82) is 0 Å². The Bertz CT molecular complexity index is 1040. The number of furan rings is 1. The standard InChI is InChI=1S/C24H24N2O5/c1-17-9-11-18(12-10-17)23(27)26-20(16-19-6-5-14-30-19)24(28)25-13-15-31-22-8-4-3-7-21(22)29-2/h3-12,14,16H,13,15H2,1-2H3,(H,25,28)(H,26,27)/b20-16-. The number of benzene rings is 2. The fourth-order valence-corrected chi connectivity index (χ4v) is 2.73. The van der Waals surface area contributed by atoms with E-state index < -0.39 is 11.8 Å². The number of para-hydroxylation sites is 2. The van der Waals surface area contributed by atoms with Crippen molar-refractivity contribution in [1.82, 2.24) is 10.6 Å². The Hall–Kier alpha value is -4.00. The lowest BCUT2D eigenvalue weighted by Gasteiger charge is -2.13. The van der Waals surface area contributed by atoms with Crippen LogP contribution in [0, 0.1) is 6.92 Å². The Morgan fingerprint density at radius 3 is 2.42 bits per heavy atom. The van der Waals surface area contributed by atoms with Crippen LogP contribution in [-0.4, -0.2) is 32.1 Å². The Labute approximate surface area is 180 Å². The van der Waals surface area contributed by atoms with E-state index in [0.717, 1.165) is 5.56 Å². The molecule has 0 spiro atoms. The predicted molar refractivity (Wildman–Crippen MR) is 117 cm³/mol. The van der Waals surface area contributed by atoms with E-state index in [4.69, 9.17) is 13.9 Å². The largest absolute Gasteiger partial charge is 0.493 e. The lowest BCUT2D eigenvalue weighted by Crippen LogP contribution is -2.36. The zero-order valence-electron chi connectivity index (χ0n) is 17.4. The molecule has 0 aliphatic rings. The molecule has 0 bridgehead atoms. The number of nitrogens with one attached hydrogen (secondary N) is 2. The molecule has 0 aliphatic heterocycles. The first-order chi connectivity index (χ1) is 15.1. The summed E-state index contributed by atoms with van der Waals surface area (Å²) in [6.45, 7) is 2.39. The van der Waals surface area contributed by atoms with Gasteiger partial charge in [0.1, 0.15) is 18.1 Å². The average molecular weight is 420 g/mol. The second-order valence-electron chi connectivity index (χ2n) is 6.65. The topological polar surface area (TPSA) is 89.8 Å². The minimum Gasteiger partial charge on any atom is -0.493 e. The molecular weight excluding hydrogens is 396 g/mol. The van der Waals surface area contributed by atoms with Crippen LogP contribution < -0.4 is 20.1 Å². The molecule has 3 rings (SSSR count). The first-order valence-electron chi connectivity index (χ1n) is 9.74. The van der Waals surface area contributed by atoms with Crippen molar-refractivity contribution in [3.63, 3.8) is 0 Å². The highest BCUT2D eigenvalue weighted by atomic mass is 16.5. The fraction of sp³-hybridized carbons (Fsp3) is 0.167. The van der Waals surface area contributed by atoms with Gasteiger partial charge in [-0.3, -0.25) is 9.59 Å². The molecular formula is C24H24N2O5. The second kappa shape index (κ2) is 10.7. The highest BCUT2D eigenvalue weighted by Gasteiger charge is 2.15. The maximum Gasteiger partial charge on any atom is 0.268 e. The molecule has 2 aromatic carbocycles. The van der Waals surface area contributed by atoms with Crippen LogP contribution in [0.5, 0.6) is 11.5 Å². The summed E-state index contributed by atoms with van der Waals surface area (Å²) in [5, 5.41) is 5.40. The van der Waals surface area contributed by atoms with Crippen LogP contribution in [0.25, 0.3) is 6.08 Å². The molecule has 0 aliphatic carbocycles. The van der Waals surface area contributed by atoms with Crippen LogP contribution in [0.2, 0.25) is 0 Å². The average Bonchev–Trinajstić information content (AvgIpc) is 3.30. The third-order valence-corrected chi connectivity index (χ3v) is 4.35. The lowest BCUT2D eigenvalue weighted by atomic mass is 10.1. The zero-order chi connectivity index (χ0) is 22.1. The van der Waals surface area contributed by atoms with Crippen molar-refractivity contribution in [2.24, 2.45) is 0 Å². The van der Waals surface area contributed by atoms with Gasteiger partial charge in [0.2, 0.25) is 0 Å². The van der Waals surface area contributed by atoms with E-state index in [9.17, 15) is 9.59 Å². The lowest BCUT2D eigenvalue weighted by molar-refractivity contribution is -0.117. The Morgan fingerprint density at radius 1 is 1.00 bits per heavy atom. The van der Waals surface area contributed by atoms with Gasteiger partial charge in [0.05, 0.1) is 19.9 Å². The molecule has 0 saturated carbocycles. The van der Waals surface area contributed by atoms with Gasteiger partial charge in [-0.15, -0.1) is 0 Å². The van der Waals surface area contributed by atoms with E-state index in [1.807, 2.05) is 31.2 Å². The minimum atomic E-state index is -0.458. The summed E-state index contributed by atoms with van der Waals surface area (Å²) in [5.41, 5.74) is 1.55. The quantitative estimate of drug-likeness (QED) is 0.408. The van der Waals surface area contributed by atoms with Crippen LogP contribution in [0.15, 0.2) is 77.0 Å². The molecule has 2 N–H and O–H groups in total. The van der Waals surface area contributed by atoms with E-state index in [0.29, 0.717) is 22.8 Å². The molecule has 1 aromatic heterocycles. The summed E-state index contributed by atoms with van der Waals surface area (Å²) in [6.07, 6.45) is 2.97. The van der Waals surface area contributed by atoms with Crippen molar-refractivity contribution in [2.45, 2.75) is 6.92 Å². The molecule has 0 saturated heterocycles. The zero-order valence-corrected chi connectivity index (χ0v) is 17.4. The highest BCUT2D eigenvalue weighted by molar-refractivity contribution is 6.05. The van der Waals surface area contributed by atoms with Gasteiger partial charge in [0, 0.05) is 11.6 Å². The number of rotatable bonds is 9.